The highest BCUT2D eigenvalue weighted by Gasteiger charge is 2.31. The lowest BCUT2D eigenvalue weighted by molar-refractivity contribution is 0.0630. The van der Waals surface area contributed by atoms with E-state index in [1.165, 1.54) is 11.8 Å². The number of hydrogen-bond donors (Lipinski definition) is 2. The predicted molar refractivity (Wildman–Crippen MR) is 108 cm³/mol. The number of fused-ring (bicyclic) bond motifs is 1. The second kappa shape index (κ2) is 7.54. The molecule has 0 saturated heterocycles. The molecule has 1 aromatic carbocycles. The van der Waals surface area contributed by atoms with E-state index in [9.17, 15) is 14.4 Å². The summed E-state index contributed by atoms with van der Waals surface area (Å²) >= 11 is 0. The van der Waals surface area contributed by atoms with Crippen LogP contribution in [0.2, 0.25) is 0 Å². The van der Waals surface area contributed by atoms with E-state index < -0.39 is 11.2 Å². The normalized spacial score (nSPS) is 15.7. The van der Waals surface area contributed by atoms with Crippen molar-refractivity contribution in [2.24, 2.45) is 7.05 Å². The average Bonchev–Trinajstić information content (AvgIpc) is 3.05. The summed E-state index contributed by atoms with van der Waals surface area (Å²) in [5, 5.41) is 4.34. The monoisotopic (exact) mass is 393 g/mol. The van der Waals surface area contributed by atoms with Gasteiger partial charge in [-0.2, -0.15) is 5.10 Å². The molecule has 0 radical (unpaired) electrons. The SMILES string of the molecule is Cc1cc(C(=O)N(Cc2c[nH]c(=O)[nH]c2=O)[C@@H]2CCCc3ccccc32)nn1C. The van der Waals surface area contributed by atoms with Gasteiger partial charge in [-0.15, -0.1) is 0 Å². The number of aryl methyl sites for hydroxylation is 3. The third-order valence-corrected chi connectivity index (χ3v) is 5.54. The molecule has 1 aliphatic rings. The Morgan fingerprint density at radius 2 is 2.10 bits per heavy atom. The number of benzene rings is 1. The molecule has 2 N–H and O–H groups in total. The number of nitrogens with one attached hydrogen (secondary N) is 2. The summed E-state index contributed by atoms with van der Waals surface area (Å²) in [6, 6.07) is 9.68. The Labute approximate surface area is 167 Å². The van der Waals surface area contributed by atoms with Crippen molar-refractivity contribution in [2.75, 3.05) is 0 Å². The van der Waals surface area contributed by atoms with Crippen molar-refractivity contribution < 1.29 is 4.79 Å². The zero-order chi connectivity index (χ0) is 20.5. The number of amides is 1. The molecule has 0 unspecified atom stereocenters. The standard InChI is InChI=1S/C21H23N5O3/c1-13-10-17(24-25(13)2)20(28)26(12-15-11-22-21(29)23-19(15)27)18-9-5-7-14-6-3-4-8-16(14)18/h3-4,6,8,10-11,18H,5,7,9,12H2,1-2H3,(H2,22,23,27,29)/t18-/m1/s1. The van der Waals surface area contributed by atoms with Gasteiger partial charge in [0.05, 0.1) is 18.2 Å². The van der Waals surface area contributed by atoms with Crippen LogP contribution in [0.4, 0.5) is 0 Å². The highest BCUT2D eigenvalue weighted by Crippen LogP contribution is 2.35. The van der Waals surface area contributed by atoms with Crippen molar-refractivity contribution in [2.45, 2.75) is 38.8 Å². The summed E-state index contributed by atoms with van der Waals surface area (Å²) in [5.41, 5.74) is 2.80. The van der Waals surface area contributed by atoms with Crippen LogP contribution in [0.1, 0.15) is 51.8 Å². The van der Waals surface area contributed by atoms with Crippen molar-refractivity contribution in [3.8, 4) is 0 Å². The van der Waals surface area contributed by atoms with Crippen molar-refractivity contribution in [3.05, 3.63) is 85.4 Å². The van der Waals surface area contributed by atoms with Crippen LogP contribution >= 0.6 is 0 Å². The van der Waals surface area contributed by atoms with Crippen LogP contribution in [0, 0.1) is 6.92 Å². The Hall–Kier alpha value is -3.42. The first-order valence-electron chi connectivity index (χ1n) is 9.64. The molecular formula is C21H23N5O3. The Morgan fingerprint density at radius 3 is 2.83 bits per heavy atom. The fourth-order valence-corrected chi connectivity index (χ4v) is 3.93. The lowest BCUT2D eigenvalue weighted by Gasteiger charge is -2.35. The zero-order valence-electron chi connectivity index (χ0n) is 16.4. The van der Waals surface area contributed by atoms with Gasteiger partial charge in [-0.25, -0.2) is 4.79 Å². The minimum absolute atomic E-state index is 0.0829. The van der Waals surface area contributed by atoms with E-state index in [4.69, 9.17) is 0 Å². The maximum absolute atomic E-state index is 13.5. The Bertz CT molecular complexity index is 1150. The van der Waals surface area contributed by atoms with Crippen LogP contribution in [-0.4, -0.2) is 30.6 Å². The highest BCUT2D eigenvalue weighted by molar-refractivity contribution is 5.92. The second-order valence-corrected chi connectivity index (χ2v) is 7.43. The summed E-state index contributed by atoms with van der Waals surface area (Å²) in [6.07, 6.45) is 4.10. The Morgan fingerprint density at radius 1 is 1.31 bits per heavy atom. The fourth-order valence-electron chi connectivity index (χ4n) is 3.93. The van der Waals surface area contributed by atoms with E-state index in [0.29, 0.717) is 11.3 Å². The quantitative estimate of drug-likeness (QED) is 0.706. The topological polar surface area (TPSA) is 104 Å². The van der Waals surface area contributed by atoms with Crippen LogP contribution in [0.25, 0.3) is 0 Å². The van der Waals surface area contributed by atoms with Gasteiger partial charge in [0.1, 0.15) is 0 Å². The van der Waals surface area contributed by atoms with Gasteiger partial charge in [0.15, 0.2) is 5.69 Å². The van der Waals surface area contributed by atoms with Gasteiger partial charge in [-0.1, -0.05) is 24.3 Å². The van der Waals surface area contributed by atoms with Crippen LogP contribution in [0.5, 0.6) is 0 Å². The van der Waals surface area contributed by atoms with Crippen molar-refractivity contribution >= 4 is 5.91 Å². The van der Waals surface area contributed by atoms with Gasteiger partial charge in [0.25, 0.3) is 11.5 Å². The molecule has 0 spiro atoms. The molecule has 0 fully saturated rings. The third kappa shape index (κ3) is 3.65. The molecule has 0 saturated carbocycles. The first-order chi connectivity index (χ1) is 13.9. The molecular weight excluding hydrogens is 370 g/mol. The molecule has 2 aromatic heterocycles. The summed E-state index contributed by atoms with van der Waals surface area (Å²) in [6.45, 7) is 1.97. The van der Waals surface area contributed by atoms with Crippen LogP contribution in [0.15, 0.2) is 46.1 Å². The lowest BCUT2D eigenvalue weighted by Crippen LogP contribution is -2.39. The minimum Gasteiger partial charge on any atom is -0.326 e. The molecule has 1 amide bonds. The van der Waals surface area contributed by atoms with Crippen LogP contribution < -0.4 is 11.2 Å². The van der Waals surface area contributed by atoms with Crippen molar-refractivity contribution in [1.29, 1.82) is 0 Å². The van der Waals surface area contributed by atoms with Crippen LogP contribution in [0.3, 0.4) is 0 Å². The van der Waals surface area contributed by atoms with Gasteiger partial charge in [-0.05, 0) is 43.4 Å². The van der Waals surface area contributed by atoms with Gasteiger partial charge < -0.3 is 9.88 Å². The first kappa shape index (κ1) is 18.9. The Kier molecular flexibility index (Phi) is 4.92. The molecule has 29 heavy (non-hydrogen) atoms. The molecule has 1 aliphatic carbocycles. The minimum atomic E-state index is -0.569. The highest BCUT2D eigenvalue weighted by atomic mass is 16.2. The number of aromatic nitrogens is 4. The molecule has 1 atom stereocenters. The zero-order valence-corrected chi connectivity index (χ0v) is 16.4. The Balaban J connectivity index is 1.78. The van der Waals surface area contributed by atoms with Gasteiger partial charge in [-0.3, -0.25) is 19.3 Å². The first-order valence-corrected chi connectivity index (χ1v) is 9.64. The van der Waals surface area contributed by atoms with Gasteiger partial charge in [0.2, 0.25) is 0 Å². The third-order valence-electron chi connectivity index (χ3n) is 5.54. The summed E-state index contributed by atoms with van der Waals surface area (Å²) in [5.74, 6) is -0.235. The molecule has 0 aliphatic heterocycles. The summed E-state index contributed by atoms with van der Waals surface area (Å²) in [7, 11) is 1.79. The molecule has 2 heterocycles. The number of rotatable bonds is 4. The molecule has 3 aromatic rings. The predicted octanol–water partition coefficient (Wildman–Crippen LogP) is 1.83. The smallest absolute Gasteiger partial charge is 0.325 e. The van der Waals surface area contributed by atoms with E-state index in [-0.39, 0.29) is 18.5 Å². The second-order valence-electron chi connectivity index (χ2n) is 7.43. The van der Waals surface area contributed by atoms with Gasteiger partial charge >= 0.3 is 5.69 Å². The fraction of sp³-hybridized carbons (Fsp3) is 0.333. The molecule has 4 rings (SSSR count). The molecule has 8 heteroatoms. The molecule has 150 valence electrons. The molecule has 8 nitrogen and oxygen atoms in total. The largest absolute Gasteiger partial charge is 0.326 e. The van der Waals surface area contributed by atoms with E-state index in [1.807, 2.05) is 25.1 Å². The van der Waals surface area contributed by atoms with E-state index in [0.717, 1.165) is 30.5 Å². The number of carbonyl (C=O) groups is 1. The number of carbonyl (C=O) groups excluding carboxylic acids is 1. The average molecular weight is 393 g/mol. The van der Waals surface area contributed by atoms with Crippen LogP contribution in [-0.2, 0) is 20.0 Å². The number of hydrogen-bond acceptors (Lipinski definition) is 4. The number of nitrogens with zero attached hydrogens (tertiary/aromatic N) is 3. The van der Waals surface area contributed by atoms with E-state index >= 15 is 0 Å². The number of aromatic amines is 2. The number of H-pyrrole nitrogens is 2. The lowest BCUT2D eigenvalue weighted by atomic mass is 9.86. The van der Waals surface area contributed by atoms with Crippen molar-refractivity contribution in [3.63, 3.8) is 0 Å². The van der Waals surface area contributed by atoms with Crippen molar-refractivity contribution in [1.82, 2.24) is 24.6 Å². The molecule has 0 bridgehead atoms. The maximum Gasteiger partial charge on any atom is 0.325 e. The maximum atomic E-state index is 13.5. The van der Waals surface area contributed by atoms with E-state index in [1.54, 1.807) is 22.7 Å². The summed E-state index contributed by atoms with van der Waals surface area (Å²) < 4.78 is 1.66. The van der Waals surface area contributed by atoms with Gasteiger partial charge in [0, 0.05) is 18.9 Å². The summed E-state index contributed by atoms with van der Waals surface area (Å²) in [4.78, 5) is 43.6. The van der Waals surface area contributed by atoms with E-state index in [2.05, 4.69) is 21.1 Å².